The molecule has 1 fully saturated rings. The molecule has 5 nitrogen and oxygen atoms in total. The lowest BCUT2D eigenvalue weighted by molar-refractivity contribution is 0.259. The highest BCUT2D eigenvalue weighted by atomic mass is 32.2. The highest BCUT2D eigenvalue weighted by Gasteiger charge is 2.30. The monoisotopic (exact) mass is 397 g/mol. The van der Waals surface area contributed by atoms with Crippen molar-refractivity contribution in [3.63, 3.8) is 0 Å². The fraction of sp³-hybridized carbons (Fsp3) is 0.381. The van der Waals surface area contributed by atoms with E-state index in [1.807, 2.05) is 31.4 Å². The Morgan fingerprint density at radius 2 is 2.04 bits per heavy atom. The van der Waals surface area contributed by atoms with Gasteiger partial charge in [-0.2, -0.15) is 0 Å². The largest absolute Gasteiger partial charge is 0.355 e. The van der Waals surface area contributed by atoms with Gasteiger partial charge < -0.3 is 14.5 Å². The summed E-state index contributed by atoms with van der Waals surface area (Å²) in [7, 11) is 1.85. The average Bonchev–Trinajstić information content (AvgIpc) is 2.98. The van der Waals surface area contributed by atoms with Crippen molar-refractivity contribution in [2.75, 3.05) is 24.5 Å². The summed E-state index contributed by atoms with van der Waals surface area (Å²) in [5.74, 6) is 0.678. The lowest BCUT2D eigenvalue weighted by Gasteiger charge is -2.38. The van der Waals surface area contributed by atoms with Gasteiger partial charge in [0.2, 0.25) is 0 Å². The summed E-state index contributed by atoms with van der Waals surface area (Å²) >= 11 is 1.44. The van der Waals surface area contributed by atoms with E-state index >= 15 is 0 Å². The maximum absolute atomic E-state index is 14.3. The van der Waals surface area contributed by atoms with Gasteiger partial charge in [-0.15, -0.1) is 0 Å². The number of rotatable bonds is 5. The smallest absolute Gasteiger partial charge is 0.149 e. The molecular formula is C21H24FN5S. The molecule has 0 saturated carbocycles. The summed E-state index contributed by atoms with van der Waals surface area (Å²) in [6, 6.07) is 5.78. The van der Waals surface area contributed by atoms with E-state index in [1.165, 1.54) is 18.0 Å². The van der Waals surface area contributed by atoms with Gasteiger partial charge in [0.05, 0.1) is 17.9 Å². The van der Waals surface area contributed by atoms with Crippen LogP contribution in [0.4, 0.5) is 10.2 Å². The van der Waals surface area contributed by atoms with Crippen molar-refractivity contribution in [3.8, 4) is 0 Å². The first-order valence-electron chi connectivity index (χ1n) is 9.40. The molecular weight excluding hydrogens is 373 g/mol. The van der Waals surface area contributed by atoms with Crippen molar-refractivity contribution in [2.45, 2.75) is 29.7 Å². The number of anilines is 1. The summed E-state index contributed by atoms with van der Waals surface area (Å²) < 4.78 is 16.1. The summed E-state index contributed by atoms with van der Waals surface area (Å²) in [5, 5.41) is 1.39. The van der Waals surface area contributed by atoms with Gasteiger partial charge in [-0.3, -0.25) is 0 Å². The normalized spacial score (nSPS) is 16.5. The number of fused-ring (bicyclic) bond motifs is 1. The number of aliphatic imine (C=N–C) groups is 1. The number of halogens is 1. The van der Waals surface area contributed by atoms with E-state index in [0.29, 0.717) is 5.39 Å². The standard InChI is InChI=1S/C21H24FN5S/c1-21(14-23-2)7-9-27(10-8-21)18-11-25-19(12-24-18)28-17-6-4-5-16-20(17)15(22)13-26(16)3/h4-6,11-13H,2,7-10,14H2,1,3H3. The first kappa shape index (κ1) is 18.9. The molecule has 4 rings (SSSR count). The Morgan fingerprint density at radius 1 is 1.25 bits per heavy atom. The van der Waals surface area contributed by atoms with Crippen LogP contribution >= 0.6 is 11.8 Å². The summed E-state index contributed by atoms with van der Waals surface area (Å²) in [4.78, 5) is 16.4. The number of hydrogen-bond donors (Lipinski definition) is 0. The topological polar surface area (TPSA) is 46.3 Å². The molecule has 2 aromatic heterocycles. The lowest BCUT2D eigenvalue weighted by Crippen LogP contribution is -2.40. The van der Waals surface area contributed by atoms with E-state index in [2.05, 4.69) is 33.5 Å². The molecule has 0 N–H and O–H groups in total. The summed E-state index contributed by atoms with van der Waals surface area (Å²) in [6.45, 7) is 8.61. The maximum atomic E-state index is 14.3. The van der Waals surface area contributed by atoms with E-state index in [4.69, 9.17) is 0 Å². The Hall–Kier alpha value is -2.41. The molecule has 1 aliphatic rings. The Labute approximate surface area is 168 Å². The molecule has 1 aromatic carbocycles. The van der Waals surface area contributed by atoms with Gasteiger partial charge in [0, 0.05) is 43.2 Å². The Bertz CT molecular complexity index is 990. The highest BCUT2D eigenvalue weighted by molar-refractivity contribution is 7.99. The first-order valence-corrected chi connectivity index (χ1v) is 10.2. The molecule has 7 heteroatoms. The van der Waals surface area contributed by atoms with Gasteiger partial charge in [0.1, 0.15) is 16.7 Å². The van der Waals surface area contributed by atoms with E-state index in [1.54, 1.807) is 10.8 Å². The molecule has 0 bridgehead atoms. The number of aryl methyl sites for hydroxylation is 1. The maximum Gasteiger partial charge on any atom is 0.149 e. The molecule has 0 aliphatic carbocycles. The molecule has 3 aromatic rings. The zero-order valence-corrected chi connectivity index (χ0v) is 17.0. The minimum absolute atomic E-state index is 0.212. The van der Waals surface area contributed by atoms with E-state index in [0.717, 1.165) is 53.7 Å². The van der Waals surface area contributed by atoms with Crippen LogP contribution in [0.5, 0.6) is 0 Å². The van der Waals surface area contributed by atoms with Crippen LogP contribution < -0.4 is 4.90 Å². The van der Waals surface area contributed by atoms with Crippen molar-refractivity contribution in [1.29, 1.82) is 0 Å². The predicted octanol–water partition coefficient (Wildman–Crippen LogP) is 4.57. The molecule has 28 heavy (non-hydrogen) atoms. The number of piperidine rings is 1. The molecule has 146 valence electrons. The Balaban J connectivity index is 1.48. The first-order chi connectivity index (χ1) is 13.5. The van der Waals surface area contributed by atoms with Gasteiger partial charge in [0.25, 0.3) is 0 Å². The van der Waals surface area contributed by atoms with Crippen molar-refractivity contribution >= 4 is 35.2 Å². The fourth-order valence-corrected chi connectivity index (χ4v) is 4.67. The van der Waals surface area contributed by atoms with Crippen LogP contribution in [0.1, 0.15) is 19.8 Å². The van der Waals surface area contributed by atoms with Gasteiger partial charge in [-0.1, -0.05) is 24.8 Å². The van der Waals surface area contributed by atoms with E-state index in [-0.39, 0.29) is 11.2 Å². The number of benzene rings is 1. The minimum Gasteiger partial charge on any atom is -0.355 e. The second kappa shape index (κ2) is 7.54. The van der Waals surface area contributed by atoms with Gasteiger partial charge >= 0.3 is 0 Å². The molecule has 0 amide bonds. The number of nitrogens with zero attached hydrogens (tertiary/aromatic N) is 5. The zero-order valence-electron chi connectivity index (χ0n) is 16.2. The van der Waals surface area contributed by atoms with Crippen LogP contribution in [0.15, 0.2) is 51.7 Å². The van der Waals surface area contributed by atoms with E-state index < -0.39 is 0 Å². The minimum atomic E-state index is -0.212. The van der Waals surface area contributed by atoms with Crippen molar-refractivity contribution in [1.82, 2.24) is 14.5 Å². The molecule has 3 heterocycles. The molecule has 0 atom stereocenters. The average molecular weight is 398 g/mol. The lowest BCUT2D eigenvalue weighted by atomic mass is 9.80. The molecule has 0 spiro atoms. The fourth-order valence-electron chi connectivity index (χ4n) is 3.78. The van der Waals surface area contributed by atoms with Crippen LogP contribution in [0.2, 0.25) is 0 Å². The third kappa shape index (κ3) is 3.63. The van der Waals surface area contributed by atoms with Crippen molar-refractivity contribution in [2.24, 2.45) is 17.5 Å². The van der Waals surface area contributed by atoms with Crippen LogP contribution in [0, 0.1) is 11.2 Å². The summed E-state index contributed by atoms with van der Waals surface area (Å²) in [5.41, 5.74) is 1.11. The second-order valence-electron chi connectivity index (χ2n) is 7.73. The zero-order chi connectivity index (χ0) is 19.7. The van der Waals surface area contributed by atoms with Crippen molar-refractivity contribution in [3.05, 3.63) is 42.6 Å². The quantitative estimate of drug-likeness (QED) is 0.592. The molecule has 1 saturated heterocycles. The second-order valence-corrected chi connectivity index (χ2v) is 8.79. The van der Waals surface area contributed by atoms with Crippen LogP contribution in [0.25, 0.3) is 10.9 Å². The van der Waals surface area contributed by atoms with Crippen LogP contribution in [-0.4, -0.2) is 40.9 Å². The van der Waals surface area contributed by atoms with Crippen LogP contribution in [-0.2, 0) is 7.05 Å². The van der Waals surface area contributed by atoms with Crippen LogP contribution in [0.3, 0.4) is 0 Å². The molecule has 0 radical (unpaired) electrons. The van der Waals surface area contributed by atoms with E-state index in [9.17, 15) is 4.39 Å². The van der Waals surface area contributed by atoms with Gasteiger partial charge in [-0.25, -0.2) is 14.4 Å². The predicted molar refractivity (Wildman–Crippen MR) is 113 cm³/mol. The molecule has 1 aliphatic heterocycles. The molecule has 0 unspecified atom stereocenters. The third-order valence-electron chi connectivity index (χ3n) is 5.55. The number of hydrogen-bond acceptors (Lipinski definition) is 5. The SMILES string of the molecule is C=NCC1(C)CCN(c2cnc(Sc3cccc4c3c(F)cn4C)cn2)CC1. The van der Waals surface area contributed by atoms with Crippen molar-refractivity contribution < 1.29 is 4.39 Å². The van der Waals surface area contributed by atoms with Gasteiger partial charge in [0.15, 0.2) is 0 Å². The number of aromatic nitrogens is 3. The van der Waals surface area contributed by atoms with Gasteiger partial charge in [-0.05, 0) is 37.1 Å². The highest BCUT2D eigenvalue weighted by Crippen LogP contribution is 2.35. The Kier molecular flexibility index (Phi) is 5.10. The summed E-state index contributed by atoms with van der Waals surface area (Å²) in [6.07, 6.45) is 7.24. The third-order valence-corrected chi connectivity index (χ3v) is 6.53. The Morgan fingerprint density at radius 3 is 2.71 bits per heavy atom.